The van der Waals surface area contributed by atoms with Crippen LogP contribution in [-0.4, -0.2) is 27.0 Å². The second-order valence-corrected chi connectivity index (χ2v) is 7.00. The van der Waals surface area contributed by atoms with E-state index in [4.69, 9.17) is 0 Å². The third-order valence-corrected chi connectivity index (χ3v) is 5.46. The average molecular weight is 303 g/mol. The number of nitrogens with zero attached hydrogens (tertiary/aromatic N) is 2. The number of fused-ring (bicyclic) bond motifs is 1. The molecule has 0 atom stereocenters. The maximum absolute atomic E-state index is 12.7. The van der Waals surface area contributed by atoms with E-state index >= 15 is 0 Å². The molecule has 110 valence electrons. The number of pyridine rings is 1. The Morgan fingerprint density at radius 1 is 1.29 bits per heavy atom. The van der Waals surface area contributed by atoms with Crippen LogP contribution in [0.2, 0.25) is 0 Å². The van der Waals surface area contributed by atoms with Crippen molar-refractivity contribution < 1.29 is 8.42 Å². The van der Waals surface area contributed by atoms with Crippen LogP contribution in [0.5, 0.6) is 0 Å². The number of aromatic nitrogens is 1. The Kier molecular flexibility index (Phi) is 3.55. The van der Waals surface area contributed by atoms with Gasteiger partial charge in [0.15, 0.2) is 0 Å². The topological polar surface area (TPSA) is 62.3 Å². The van der Waals surface area contributed by atoms with Crippen LogP contribution in [0, 0.1) is 0 Å². The van der Waals surface area contributed by atoms with Crippen molar-refractivity contribution >= 4 is 21.4 Å². The first-order chi connectivity index (χ1) is 10.1. The highest BCUT2D eigenvalue weighted by Gasteiger charge is 2.23. The second kappa shape index (κ2) is 5.37. The smallest absolute Gasteiger partial charge is 0.264 e. The Hall–Kier alpha value is -2.08. The van der Waals surface area contributed by atoms with Gasteiger partial charge in [-0.2, -0.15) is 0 Å². The van der Waals surface area contributed by atoms with Crippen molar-refractivity contribution in [3.8, 4) is 0 Å². The Labute approximate surface area is 124 Å². The highest BCUT2D eigenvalue weighted by molar-refractivity contribution is 7.92. The lowest BCUT2D eigenvalue weighted by Gasteiger charge is -2.22. The Morgan fingerprint density at radius 3 is 2.90 bits per heavy atom. The van der Waals surface area contributed by atoms with Crippen molar-refractivity contribution in [2.75, 3.05) is 23.2 Å². The zero-order valence-electron chi connectivity index (χ0n) is 11.8. The van der Waals surface area contributed by atoms with Crippen LogP contribution in [0.4, 0.5) is 11.4 Å². The highest BCUT2D eigenvalue weighted by Crippen LogP contribution is 2.27. The number of nitrogens with one attached hydrogen (secondary N) is 1. The fourth-order valence-corrected chi connectivity index (χ4v) is 3.68. The van der Waals surface area contributed by atoms with Gasteiger partial charge in [0.2, 0.25) is 0 Å². The van der Waals surface area contributed by atoms with Crippen LogP contribution in [0.3, 0.4) is 0 Å². The first kappa shape index (κ1) is 13.9. The van der Waals surface area contributed by atoms with E-state index in [1.54, 1.807) is 37.5 Å². The first-order valence-electron chi connectivity index (χ1n) is 6.85. The largest absolute Gasteiger partial charge is 0.385 e. The molecule has 0 saturated carbocycles. The molecule has 0 saturated heterocycles. The molecule has 6 heteroatoms. The second-order valence-electron chi connectivity index (χ2n) is 5.03. The lowest BCUT2D eigenvalue weighted by Crippen LogP contribution is -2.27. The standard InChI is InChI=1S/C15H17N3O2S/c1-18(13-5-3-8-16-11-13)21(19,20)14-6-7-15-12(10-14)4-2-9-17-15/h3,5-8,10-11,17H,2,4,9H2,1H3. The molecule has 1 aromatic heterocycles. The summed E-state index contributed by atoms with van der Waals surface area (Å²) in [6.45, 7) is 0.939. The number of anilines is 2. The average Bonchev–Trinajstić information content (AvgIpc) is 2.54. The van der Waals surface area contributed by atoms with Crippen molar-refractivity contribution in [2.45, 2.75) is 17.7 Å². The fourth-order valence-electron chi connectivity index (χ4n) is 2.45. The molecular weight excluding hydrogens is 286 g/mol. The Balaban J connectivity index is 1.98. The lowest BCUT2D eigenvalue weighted by atomic mass is 10.0. The quantitative estimate of drug-likeness (QED) is 0.945. The molecule has 2 heterocycles. The van der Waals surface area contributed by atoms with Crippen LogP contribution in [0.15, 0.2) is 47.6 Å². The summed E-state index contributed by atoms with van der Waals surface area (Å²) in [4.78, 5) is 4.28. The minimum Gasteiger partial charge on any atom is -0.385 e. The predicted octanol–water partition coefficient (Wildman–Crippen LogP) is 2.26. The van der Waals surface area contributed by atoms with E-state index in [2.05, 4.69) is 10.3 Å². The van der Waals surface area contributed by atoms with Gasteiger partial charge >= 0.3 is 0 Å². The van der Waals surface area contributed by atoms with Crippen molar-refractivity contribution in [2.24, 2.45) is 0 Å². The van der Waals surface area contributed by atoms with Gasteiger partial charge in [-0.05, 0) is 48.7 Å². The van der Waals surface area contributed by atoms with E-state index in [1.165, 1.54) is 10.5 Å². The summed E-state index contributed by atoms with van der Waals surface area (Å²) in [5.41, 5.74) is 2.64. The van der Waals surface area contributed by atoms with Crippen molar-refractivity contribution in [1.29, 1.82) is 0 Å². The van der Waals surface area contributed by atoms with Crippen LogP contribution in [0.25, 0.3) is 0 Å². The van der Waals surface area contributed by atoms with E-state index in [1.807, 2.05) is 6.07 Å². The van der Waals surface area contributed by atoms with Crippen LogP contribution < -0.4 is 9.62 Å². The minimum atomic E-state index is -3.56. The van der Waals surface area contributed by atoms with Crippen LogP contribution >= 0.6 is 0 Å². The van der Waals surface area contributed by atoms with Gasteiger partial charge in [0.1, 0.15) is 0 Å². The molecule has 0 unspecified atom stereocenters. The summed E-state index contributed by atoms with van der Waals surface area (Å²) in [6.07, 6.45) is 5.09. The highest BCUT2D eigenvalue weighted by atomic mass is 32.2. The maximum Gasteiger partial charge on any atom is 0.264 e. The first-order valence-corrected chi connectivity index (χ1v) is 8.29. The van der Waals surface area contributed by atoms with E-state index in [9.17, 15) is 8.42 Å². The van der Waals surface area contributed by atoms with Gasteiger partial charge in [-0.1, -0.05) is 0 Å². The SMILES string of the molecule is CN(c1cccnc1)S(=O)(=O)c1ccc2c(c1)CCCN2. The summed E-state index contributed by atoms with van der Waals surface area (Å²) < 4.78 is 26.7. The van der Waals surface area contributed by atoms with Gasteiger partial charge < -0.3 is 5.32 Å². The van der Waals surface area contributed by atoms with Gasteiger partial charge in [0, 0.05) is 25.5 Å². The fraction of sp³-hybridized carbons (Fsp3) is 0.267. The molecule has 0 aliphatic carbocycles. The van der Waals surface area contributed by atoms with E-state index in [0.717, 1.165) is 30.6 Å². The third-order valence-electron chi connectivity index (χ3n) is 3.68. The van der Waals surface area contributed by atoms with Gasteiger partial charge in [-0.25, -0.2) is 8.42 Å². The summed E-state index contributed by atoms with van der Waals surface area (Å²) in [7, 11) is -2.01. The number of hydrogen-bond donors (Lipinski definition) is 1. The molecule has 1 aromatic carbocycles. The number of sulfonamides is 1. The predicted molar refractivity (Wildman–Crippen MR) is 83.1 cm³/mol. The van der Waals surface area contributed by atoms with Crippen LogP contribution in [0.1, 0.15) is 12.0 Å². The zero-order chi connectivity index (χ0) is 14.9. The zero-order valence-corrected chi connectivity index (χ0v) is 12.6. The van der Waals surface area contributed by atoms with Crippen molar-refractivity contribution in [1.82, 2.24) is 4.98 Å². The van der Waals surface area contributed by atoms with Gasteiger partial charge in [-0.15, -0.1) is 0 Å². The van der Waals surface area contributed by atoms with Crippen molar-refractivity contribution in [3.63, 3.8) is 0 Å². The van der Waals surface area contributed by atoms with Crippen molar-refractivity contribution in [3.05, 3.63) is 48.3 Å². The molecular formula is C15H17N3O2S. The molecule has 0 radical (unpaired) electrons. The lowest BCUT2D eigenvalue weighted by molar-refractivity contribution is 0.594. The number of aryl methyl sites for hydroxylation is 1. The molecule has 5 nitrogen and oxygen atoms in total. The number of hydrogen-bond acceptors (Lipinski definition) is 4. The summed E-state index contributed by atoms with van der Waals surface area (Å²) in [6, 6.07) is 8.71. The number of benzene rings is 1. The Bertz CT molecular complexity index is 745. The number of rotatable bonds is 3. The molecule has 3 rings (SSSR count). The summed E-state index contributed by atoms with van der Waals surface area (Å²) in [5.74, 6) is 0. The normalized spacial score (nSPS) is 14.1. The third kappa shape index (κ3) is 2.58. The molecule has 0 fully saturated rings. The van der Waals surface area contributed by atoms with E-state index < -0.39 is 10.0 Å². The summed E-state index contributed by atoms with van der Waals surface area (Å²) >= 11 is 0. The monoisotopic (exact) mass is 303 g/mol. The molecule has 1 aliphatic heterocycles. The molecule has 2 aromatic rings. The minimum absolute atomic E-state index is 0.316. The molecule has 0 bridgehead atoms. The van der Waals surface area contributed by atoms with Gasteiger partial charge in [-0.3, -0.25) is 9.29 Å². The van der Waals surface area contributed by atoms with Crippen LogP contribution in [-0.2, 0) is 16.4 Å². The van der Waals surface area contributed by atoms with E-state index in [-0.39, 0.29) is 0 Å². The summed E-state index contributed by atoms with van der Waals surface area (Å²) in [5, 5.41) is 3.28. The molecule has 1 N–H and O–H groups in total. The Morgan fingerprint density at radius 2 is 2.14 bits per heavy atom. The van der Waals surface area contributed by atoms with Gasteiger partial charge in [0.05, 0.1) is 16.8 Å². The van der Waals surface area contributed by atoms with Gasteiger partial charge in [0.25, 0.3) is 10.0 Å². The molecule has 0 spiro atoms. The maximum atomic E-state index is 12.7. The van der Waals surface area contributed by atoms with E-state index in [0.29, 0.717) is 10.6 Å². The molecule has 0 amide bonds. The molecule has 1 aliphatic rings. The molecule has 21 heavy (non-hydrogen) atoms.